The van der Waals surface area contributed by atoms with Crippen LogP contribution in [0.4, 0.5) is 5.69 Å². The van der Waals surface area contributed by atoms with Gasteiger partial charge in [0.1, 0.15) is 0 Å². The van der Waals surface area contributed by atoms with Crippen LogP contribution in [0.2, 0.25) is 0 Å². The predicted molar refractivity (Wildman–Crippen MR) is 90.3 cm³/mol. The molecule has 3 nitrogen and oxygen atoms in total. The van der Waals surface area contributed by atoms with E-state index in [-0.39, 0.29) is 0 Å². The summed E-state index contributed by atoms with van der Waals surface area (Å²) in [5.41, 5.74) is 4.37. The Hall–Kier alpha value is -1.33. The van der Waals surface area contributed by atoms with Crippen molar-refractivity contribution in [2.45, 2.75) is 32.6 Å². The Balaban J connectivity index is 2.45. The van der Waals surface area contributed by atoms with E-state index in [4.69, 9.17) is 0 Å². The Labute approximate surface area is 134 Å². The summed E-state index contributed by atoms with van der Waals surface area (Å²) in [7, 11) is -3.60. The van der Waals surface area contributed by atoms with E-state index >= 15 is 0 Å². The van der Waals surface area contributed by atoms with E-state index in [1.165, 1.54) is 0 Å². The third kappa shape index (κ3) is 3.66. The molecule has 2 aromatic carbocycles. The second-order valence-electron chi connectivity index (χ2n) is 5.35. The minimum absolute atomic E-state index is 0.291. The van der Waals surface area contributed by atoms with Gasteiger partial charge in [0.2, 0.25) is 0 Å². The number of benzene rings is 2. The molecule has 0 aliphatic carbocycles. The Morgan fingerprint density at radius 2 is 1.43 bits per heavy atom. The van der Waals surface area contributed by atoms with E-state index in [1.54, 1.807) is 13.0 Å². The molecular weight excluding hydrogens is 350 g/mol. The molecule has 0 spiro atoms. The van der Waals surface area contributed by atoms with Gasteiger partial charge >= 0.3 is 0 Å². The van der Waals surface area contributed by atoms with Crippen molar-refractivity contribution in [3.05, 3.63) is 57.1 Å². The van der Waals surface area contributed by atoms with E-state index < -0.39 is 10.0 Å². The summed E-state index contributed by atoms with van der Waals surface area (Å²) >= 11 is 3.39. The molecule has 0 heterocycles. The Kier molecular flexibility index (Phi) is 4.44. The van der Waals surface area contributed by atoms with Gasteiger partial charge in [-0.2, -0.15) is 0 Å². The van der Waals surface area contributed by atoms with Gasteiger partial charge in [-0.15, -0.1) is 0 Å². The molecule has 112 valence electrons. The first-order valence-electron chi connectivity index (χ1n) is 6.57. The van der Waals surface area contributed by atoms with Gasteiger partial charge in [-0.1, -0.05) is 28.1 Å². The molecule has 0 aromatic heterocycles. The van der Waals surface area contributed by atoms with E-state index in [2.05, 4.69) is 20.7 Å². The van der Waals surface area contributed by atoms with Crippen molar-refractivity contribution in [2.75, 3.05) is 4.72 Å². The van der Waals surface area contributed by atoms with Gasteiger partial charge in [0.25, 0.3) is 10.0 Å². The van der Waals surface area contributed by atoms with Crippen molar-refractivity contribution in [2.24, 2.45) is 0 Å². The maximum absolute atomic E-state index is 12.6. The zero-order valence-electron chi connectivity index (χ0n) is 12.5. The lowest BCUT2D eigenvalue weighted by Gasteiger charge is -2.13. The highest BCUT2D eigenvalue weighted by Crippen LogP contribution is 2.26. The number of hydrogen-bond donors (Lipinski definition) is 1. The molecular formula is C16H18BrNO2S. The lowest BCUT2D eigenvalue weighted by molar-refractivity contribution is 0.600. The summed E-state index contributed by atoms with van der Waals surface area (Å²) in [5, 5.41) is 0. The highest BCUT2D eigenvalue weighted by molar-refractivity contribution is 9.10. The van der Waals surface area contributed by atoms with Gasteiger partial charge in [0, 0.05) is 10.2 Å². The quantitative estimate of drug-likeness (QED) is 0.868. The van der Waals surface area contributed by atoms with Crippen LogP contribution in [-0.4, -0.2) is 8.42 Å². The van der Waals surface area contributed by atoms with Crippen molar-refractivity contribution >= 4 is 31.6 Å². The lowest BCUT2D eigenvalue weighted by Crippen LogP contribution is -2.14. The van der Waals surface area contributed by atoms with Crippen LogP contribution in [0.1, 0.15) is 22.3 Å². The average Bonchev–Trinajstić information content (AvgIpc) is 2.31. The van der Waals surface area contributed by atoms with Crippen LogP contribution in [-0.2, 0) is 10.0 Å². The second-order valence-corrected chi connectivity index (χ2v) is 7.85. The summed E-state index contributed by atoms with van der Waals surface area (Å²) in [6, 6.07) is 9.16. The number of aryl methyl sites for hydroxylation is 4. The molecule has 0 bridgehead atoms. The molecule has 0 fully saturated rings. The Morgan fingerprint density at radius 1 is 0.857 bits per heavy atom. The summed E-state index contributed by atoms with van der Waals surface area (Å²) in [6.45, 7) is 7.62. The van der Waals surface area contributed by atoms with Crippen LogP contribution in [0, 0.1) is 27.7 Å². The lowest BCUT2D eigenvalue weighted by atomic mass is 10.1. The number of hydrogen-bond acceptors (Lipinski definition) is 2. The molecule has 0 aliphatic rings. The Morgan fingerprint density at radius 3 is 2.00 bits per heavy atom. The smallest absolute Gasteiger partial charge is 0.262 e. The summed E-state index contributed by atoms with van der Waals surface area (Å²) in [6.07, 6.45) is 0. The van der Waals surface area contributed by atoms with Crippen molar-refractivity contribution < 1.29 is 8.42 Å². The molecule has 5 heteroatoms. The monoisotopic (exact) mass is 367 g/mol. The van der Waals surface area contributed by atoms with Crippen molar-refractivity contribution in [3.63, 3.8) is 0 Å². The molecule has 0 amide bonds. The molecule has 0 saturated carbocycles. The molecule has 0 radical (unpaired) electrons. The standard InChI is InChI=1S/C16H18BrNO2S/c1-10-5-11(2)7-14(6-10)18-21(19,20)16-9-15(17)12(3)8-13(16)4/h5-9,18H,1-4H3. The minimum atomic E-state index is -3.60. The number of halogens is 1. The van der Waals surface area contributed by atoms with E-state index in [1.807, 2.05) is 45.0 Å². The third-order valence-electron chi connectivity index (χ3n) is 3.22. The maximum atomic E-state index is 12.6. The highest BCUT2D eigenvalue weighted by atomic mass is 79.9. The van der Waals surface area contributed by atoms with Crippen LogP contribution in [0.5, 0.6) is 0 Å². The molecule has 1 N–H and O–H groups in total. The number of nitrogens with one attached hydrogen (secondary N) is 1. The van der Waals surface area contributed by atoms with Crippen LogP contribution < -0.4 is 4.72 Å². The number of rotatable bonds is 3. The van der Waals surface area contributed by atoms with E-state index in [9.17, 15) is 8.42 Å². The van der Waals surface area contributed by atoms with Crippen molar-refractivity contribution in [1.29, 1.82) is 0 Å². The van der Waals surface area contributed by atoms with Gasteiger partial charge in [-0.05, 0) is 68.1 Å². The number of anilines is 1. The fraction of sp³-hybridized carbons (Fsp3) is 0.250. The highest BCUT2D eigenvalue weighted by Gasteiger charge is 2.18. The SMILES string of the molecule is Cc1cc(C)cc(NS(=O)(=O)c2cc(Br)c(C)cc2C)c1. The van der Waals surface area contributed by atoms with Crippen molar-refractivity contribution in [1.82, 2.24) is 0 Å². The largest absolute Gasteiger partial charge is 0.280 e. The number of sulfonamides is 1. The molecule has 0 saturated heterocycles. The fourth-order valence-electron chi connectivity index (χ4n) is 2.34. The molecule has 21 heavy (non-hydrogen) atoms. The molecule has 2 rings (SSSR count). The third-order valence-corrected chi connectivity index (χ3v) is 5.60. The van der Waals surface area contributed by atoms with E-state index in [0.717, 1.165) is 26.7 Å². The van der Waals surface area contributed by atoms with Gasteiger partial charge in [0.15, 0.2) is 0 Å². The normalized spacial score (nSPS) is 11.5. The topological polar surface area (TPSA) is 46.2 Å². The molecule has 0 aliphatic heterocycles. The second kappa shape index (κ2) is 5.81. The van der Waals surface area contributed by atoms with Crippen LogP contribution in [0.15, 0.2) is 39.7 Å². The summed E-state index contributed by atoms with van der Waals surface area (Å²) in [5.74, 6) is 0. The average molecular weight is 368 g/mol. The van der Waals surface area contributed by atoms with Crippen molar-refractivity contribution in [3.8, 4) is 0 Å². The van der Waals surface area contributed by atoms with Gasteiger partial charge < -0.3 is 0 Å². The Bertz CT molecular complexity index is 778. The van der Waals surface area contributed by atoms with Gasteiger partial charge in [-0.3, -0.25) is 4.72 Å². The van der Waals surface area contributed by atoms with Crippen LogP contribution >= 0.6 is 15.9 Å². The first-order chi connectivity index (χ1) is 9.69. The summed E-state index contributed by atoms with van der Waals surface area (Å²) in [4.78, 5) is 0.291. The predicted octanol–water partition coefficient (Wildman–Crippen LogP) is 4.48. The minimum Gasteiger partial charge on any atom is -0.280 e. The molecule has 0 unspecified atom stereocenters. The van der Waals surface area contributed by atoms with Crippen LogP contribution in [0.25, 0.3) is 0 Å². The molecule has 2 aromatic rings. The maximum Gasteiger partial charge on any atom is 0.262 e. The zero-order chi connectivity index (χ0) is 15.8. The fourth-order valence-corrected chi connectivity index (χ4v) is 4.13. The molecule has 0 atom stereocenters. The first kappa shape index (κ1) is 16.0. The zero-order valence-corrected chi connectivity index (χ0v) is 14.9. The van der Waals surface area contributed by atoms with Gasteiger partial charge in [0.05, 0.1) is 4.90 Å². The van der Waals surface area contributed by atoms with E-state index in [0.29, 0.717) is 10.6 Å². The first-order valence-corrected chi connectivity index (χ1v) is 8.84. The van der Waals surface area contributed by atoms with Gasteiger partial charge in [-0.25, -0.2) is 8.42 Å². The summed E-state index contributed by atoms with van der Waals surface area (Å²) < 4.78 is 28.6. The van der Waals surface area contributed by atoms with Crippen LogP contribution in [0.3, 0.4) is 0 Å².